The van der Waals surface area contributed by atoms with E-state index >= 15 is 0 Å². The number of rotatable bonds is 2. The maximum atomic E-state index is 9.33. The molecule has 8 heavy (non-hydrogen) atoms. The van der Waals surface area contributed by atoms with Crippen LogP contribution in [0.2, 0.25) is 0 Å². The Morgan fingerprint density at radius 3 is 2.00 bits per heavy atom. The van der Waals surface area contributed by atoms with Gasteiger partial charge in [0.1, 0.15) is 0 Å². The Hall–Kier alpha value is -0.890. The molecule has 0 radical (unpaired) electrons. The lowest BCUT2D eigenvalue weighted by Crippen LogP contribution is -2.08. The topological polar surface area (TPSA) is 107 Å². The van der Waals surface area contributed by atoms with E-state index in [1.54, 1.807) is 0 Å². The van der Waals surface area contributed by atoms with Crippen LogP contribution in [0.1, 0.15) is 0 Å². The van der Waals surface area contributed by atoms with E-state index in [4.69, 9.17) is 14.7 Å². The fraction of sp³-hybridized carbons (Fsp3) is 0. The predicted octanol–water partition coefficient (Wildman–Crippen LogP) is -1.00. The lowest BCUT2D eigenvalue weighted by molar-refractivity contribution is -0.713. The van der Waals surface area contributed by atoms with Gasteiger partial charge in [-0.3, -0.25) is 4.55 Å². The molecule has 8 heteroatoms. The van der Waals surface area contributed by atoms with Crippen LogP contribution in [0.4, 0.5) is 0 Å². The molecule has 0 rings (SSSR count). The summed E-state index contributed by atoms with van der Waals surface area (Å²) in [6, 6.07) is 0. The van der Waals surface area contributed by atoms with Crippen LogP contribution < -0.4 is 0 Å². The van der Waals surface area contributed by atoms with Gasteiger partial charge in [-0.15, -0.1) is 10.1 Å². The Labute approximate surface area is 43.9 Å². The lowest BCUT2D eigenvalue weighted by Gasteiger charge is -1.86. The first-order valence-electron chi connectivity index (χ1n) is 1.23. The van der Waals surface area contributed by atoms with E-state index in [1.165, 1.54) is 0 Å². The molecule has 0 aromatic carbocycles. The standard InChI is InChI=1S/HNO6S/c2-1(3)7-8(4,5)6/h(H,4,5,6). The highest BCUT2D eigenvalue weighted by Crippen LogP contribution is 1.82. The second-order valence-electron chi connectivity index (χ2n) is 0.726. The smallest absolute Gasteiger partial charge is 0.265 e. The third kappa shape index (κ3) is 5.11. The van der Waals surface area contributed by atoms with E-state index < -0.39 is 15.5 Å². The monoisotopic (exact) mass is 143 g/mol. The molecule has 0 aromatic rings. The zero-order valence-corrected chi connectivity index (χ0v) is 4.16. The van der Waals surface area contributed by atoms with Gasteiger partial charge in [-0.05, 0) is 0 Å². The second kappa shape index (κ2) is 1.92. The van der Waals surface area contributed by atoms with E-state index in [0.29, 0.717) is 0 Å². The molecular formula is HNO6S. The summed E-state index contributed by atoms with van der Waals surface area (Å²) in [6.45, 7) is 0. The molecular weight excluding hydrogens is 142 g/mol. The van der Waals surface area contributed by atoms with Gasteiger partial charge in [0.2, 0.25) is 0 Å². The van der Waals surface area contributed by atoms with Gasteiger partial charge in [0.15, 0.2) is 0 Å². The fourth-order valence-corrected chi connectivity index (χ4v) is 0.231. The molecule has 0 aliphatic carbocycles. The first kappa shape index (κ1) is 7.11. The Balaban J connectivity index is 3.95. The van der Waals surface area contributed by atoms with Crippen molar-refractivity contribution in [2.24, 2.45) is 0 Å². The van der Waals surface area contributed by atoms with Gasteiger partial charge < -0.3 is 0 Å². The van der Waals surface area contributed by atoms with Gasteiger partial charge in [-0.25, -0.2) is 0 Å². The molecule has 0 saturated heterocycles. The van der Waals surface area contributed by atoms with Crippen LogP contribution in [-0.4, -0.2) is 18.1 Å². The van der Waals surface area contributed by atoms with Crippen molar-refractivity contribution in [1.29, 1.82) is 0 Å². The largest absolute Gasteiger partial charge is 0.429 e. The summed E-state index contributed by atoms with van der Waals surface area (Å²) in [5, 5.41) is 7.43. The predicted molar refractivity (Wildman–Crippen MR) is 19.6 cm³/mol. The number of hydrogen-bond acceptors (Lipinski definition) is 5. The molecule has 48 valence electrons. The summed E-state index contributed by atoms with van der Waals surface area (Å²) in [5.74, 6) is 0. The summed E-state index contributed by atoms with van der Waals surface area (Å²) in [7, 11) is -4.92. The molecule has 0 spiro atoms. The van der Waals surface area contributed by atoms with Crippen molar-refractivity contribution in [2.75, 3.05) is 0 Å². The van der Waals surface area contributed by atoms with Crippen molar-refractivity contribution < 1.29 is 22.3 Å². The Morgan fingerprint density at radius 1 is 1.62 bits per heavy atom. The first-order valence-corrected chi connectivity index (χ1v) is 2.60. The first-order chi connectivity index (χ1) is 3.42. The molecule has 0 aliphatic heterocycles. The molecule has 0 atom stereocenters. The van der Waals surface area contributed by atoms with Crippen LogP contribution in [0, 0.1) is 10.1 Å². The molecule has 1 N–H and O–H groups in total. The van der Waals surface area contributed by atoms with Crippen molar-refractivity contribution in [3.05, 3.63) is 10.1 Å². The summed E-state index contributed by atoms with van der Waals surface area (Å²) in [4.78, 5) is 9.06. The molecule has 7 nitrogen and oxygen atoms in total. The zero-order chi connectivity index (χ0) is 6.78. The van der Waals surface area contributed by atoms with Gasteiger partial charge in [0.05, 0.1) is 0 Å². The molecule has 0 saturated carbocycles. The molecule has 0 fully saturated rings. The average Bonchev–Trinajstić information content (AvgIpc) is 1.21. The van der Waals surface area contributed by atoms with Gasteiger partial charge in [0.25, 0.3) is 0 Å². The average molecular weight is 143 g/mol. The normalized spacial score (nSPS) is 10.6. The van der Waals surface area contributed by atoms with Gasteiger partial charge >= 0.3 is 15.5 Å². The highest BCUT2D eigenvalue weighted by atomic mass is 32.3. The van der Waals surface area contributed by atoms with Crippen LogP contribution >= 0.6 is 0 Å². The number of nitrogens with zero attached hydrogens (tertiary/aromatic N) is 1. The van der Waals surface area contributed by atoms with Crippen molar-refractivity contribution >= 4 is 10.4 Å². The van der Waals surface area contributed by atoms with E-state index in [-0.39, 0.29) is 0 Å². The molecule has 0 amide bonds. The van der Waals surface area contributed by atoms with E-state index in [1.807, 2.05) is 0 Å². The maximum Gasteiger partial charge on any atom is 0.429 e. The van der Waals surface area contributed by atoms with E-state index in [9.17, 15) is 8.42 Å². The van der Waals surface area contributed by atoms with Crippen molar-refractivity contribution in [1.82, 2.24) is 0 Å². The van der Waals surface area contributed by atoms with Gasteiger partial charge in [-0.2, -0.15) is 12.7 Å². The third-order valence-corrected chi connectivity index (χ3v) is 0.465. The van der Waals surface area contributed by atoms with Crippen LogP contribution in [0.3, 0.4) is 0 Å². The highest BCUT2D eigenvalue weighted by Gasteiger charge is 2.08. The zero-order valence-electron chi connectivity index (χ0n) is 3.34. The Bertz CT molecular complexity index is 175. The molecule has 0 aromatic heterocycles. The molecule has 0 aliphatic rings. The van der Waals surface area contributed by atoms with Crippen LogP contribution in [0.5, 0.6) is 0 Å². The Morgan fingerprint density at radius 2 is 2.00 bits per heavy atom. The maximum absolute atomic E-state index is 9.33. The highest BCUT2D eigenvalue weighted by molar-refractivity contribution is 7.80. The minimum absolute atomic E-state index is 1.63. The molecule has 0 heterocycles. The molecule has 0 unspecified atom stereocenters. The molecule has 0 bridgehead atoms. The van der Waals surface area contributed by atoms with Gasteiger partial charge in [0, 0.05) is 0 Å². The number of hydrogen-bond donors (Lipinski definition) is 1. The summed E-state index contributed by atoms with van der Waals surface area (Å²) >= 11 is 0. The quantitative estimate of drug-likeness (QED) is 0.301. The van der Waals surface area contributed by atoms with Crippen molar-refractivity contribution in [3.63, 3.8) is 0 Å². The van der Waals surface area contributed by atoms with Crippen LogP contribution in [0.15, 0.2) is 0 Å². The van der Waals surface area contributed by atoms with Crippen LogP contribution in [-0.2, 0) is 14.7 Å². The lowest BCUT2D eigenvalue weighted by atomic mass is 13.1. The Kier molecular flexibility index (Phi) is 1.71. The van der Waals surface area contributed by atoms with Crippen molar-refractivity contribution in [3.8, 4) is 0 Å². The van der Waals surface area contributed by atoms with Gasteiger partial charge in [-0.1, -0.05) is 0 Å². The van der Waals surface area contributed by atoms with E-state index in [2.05, 4.69) is 4.28 Å². The summed E-state index contributed by atoms with van der Waals surface area (Å²) in [5.41, 5.74) is 0. The second-order valence-corrected chi connectivity index (χ2v) is 1.73. The minimum Gasteiger partial charge on any atom is -0.265 e. The van der Waals surface area contributed by atoms with Crippen molar-refractivity contribution in [2.45, 2.75) is 0 Å². The SMILES string of the molecule is O=[N+]([O-])OS(=O)(=O)O. The summed E-state index contributed by atoms with van der Waals surface area (Å²) in [6.07, 6.45) is 0. The third-order valence-electron chi connectivity index (χ3n) is 0.155. The van der Waals surface area contributed by atoms with E-state index in [0.717, 1.165) is 0 Å². The minimum atomic E-state index is -4.92. The summed E-state index contributed by atoms with van der Waals surface area (Å²) < 4.78 is 28.9. The van der Waals surface area contributed by atoms with Crippen LogP contribution in [0.25, 0.3) is 0 Å². The fourth-order valence-electron chi connectivity index (χ4n) is 0.0769.